The van der Waals surface area contributed by atoms with Crippen LogP contribution in [0.5, 0.6) is 0 Å². The molecule has 2 nitrogen and oxygen atoms in total. The minimum absolute atomic E-state index is 0.00550. The van der Waals surface area contributed by atoms with Gasteiger partial charge < -0.3 is 9.80 Å². The van der Waals surface area contributed by atoms with Crippen LogP contribution >= 0.6 is 0 Å². The number of rotatable bonds is 7. The van der Waals surface area contributed by atoms with Gasteiger partial charge in [-0.25, -0.2) is 17.6 Å². The largest absolute Gasteiger partial charge is 0.310 e. The van der Waals surface area contributed by atoms with Gasteiger partial charge >= 0.3 is 0 Å². The van der Waals surface area contributed by atoms with Crippen LogP contribution in [0, 0.1) is 23.3 Å². The molecule has 59 heavy (non-hydrogen) atoms. The maximum atomic E-state index is 16.8. The number of anilines is 6. The number of hydrogen-bond donors (Lipinski definition) is 0. The van der Waals surface area contributed by atoms with Crippen molar-refractivity contribution in [2.75, 3.05) is 9.80 Å². The van der Waals surface area contributed by atoms with Crippen LogP contribution in [0.25, 0.3) is 43.8 Å². The Labute approximate surface area is 339 Å². The van der Waals surface area contributed by atoms with Gasteiger partial charge in [-0.2, -0.15) is 0 Å². The van der Waals surface area contributed by atoms with Crippen LogP contribution in [0.4, 0.5) is 51.7 Å². The van der Waals surface area contributed by atoms with Crippen molar-refractivity contribution in [3.05, 3.63) is 216 Å². The molecule has 0 amide bonds. The normalized spacial score (nSPS) is 12.7. The topological polar surface area (TPSA) is 6.48 Å². The summed E-state index contributed by atoms with van der Waals surface area (Å²) in [6.07, 6.45) is 0. The Balaban J connectivity index is 1.09. The zero-order chi connectivity index (χ0) is 40.4. The molecule has 0 aliphatic heterocycles. The van der Waals surface area contributed by atoms with Gasteiger partial charge in [0.15, 0.2) is 23.3 Å². The standard InChI is InChI=1S/C53H36F4N2/c1-53(2)44-21-11-10-20-42(44)43-30-29-40(32-45(43)53)58(37-17-4-3-5-18-37)38-26-24-35(25-27-38)47-48(54)50(56)52(51(57)49(47)55)59(39-28-23-33-13-6-7-15-36(33)31-39)46-22-12-16-34-14-8-9-19-41(34)46/h3-32H,1-2H3. The molecule has 0 heterocycles. The summed E-state index contributed by atoms with van der Waals surface area (Å²) >= 11 is 0. The lowest BCUT2D eigenvalue weighted by Gasteiger charge is -2.29. The van der Waals surface area contributed by atoms with E-state index in [1.807, 2.05) is 91.0 Å². The van der Waals surface area contributed by atoms with Crippen LogP contribution in [-0.4, -0.2) is 0 Å². The highest BCUT2D eigenvalue weighted by molar-refractivity contribution is 6.00. The van der Waals surface area contributed by atoms with Gasteiger partial charge in [-0.3, -0.25) is 0 Å². The van der Waals surface area contributed by atoms with E-state index in [0.29, 0.717) is 22.4 Å². The van der Waals surface area contributed by atoms with Gasteiger partial charge in [0.2, 0.25) is 0 Å². The Morgan fingerprint density at radius 2 is 0.949 bits per heavy atom. The van der Waals surface area contributed by atoms with Crippen molar-refractivity contribution in [1.29, 1.82) is 0 Å². The van der Waals surface area contributed by atoms with Gasteiger partial charge in [0, 0.05) is 33.6 Å². The fourth-order valence-electron chi connectivity index (χ4n) is 8.81. The minimum atomic E-state index is -1.50. The predicted molar refractivity (Wildman–Crippen MR) is 234 cm³/mol. The number of benzene rings is 9. The van der Waals surface area contributed by atoms with Crippen molar-refractivity contribution in [3.8, 4) is 22.3 Å². The first-order valence-electron chi connectivity index (χ1n) is 19.5. The third-order valence-electron chi connectivity index (χ3n) is 11.7. The summed E-state index contributed by atoms with van der Waals surface area (Å²) in [6.45, 7) is 4.44. The van der Waals surface area contributed by atoms with E-state index in [-0.39, 0.29) is 11.0 Å². The molecule has 9 aromatic carbocycles. The Kier molecular flexibility index (Phi) is 8.60. The molecule has 0 saturated heterocycles. The van der Waals surface area contributed by atoms with E-state index in [0.717, 1.165) is 27.5 Å². The van der Waals surface area contributed by atoms with Crippen LogP contribution in [0.1, 0.15) is 25.0 Å². The van der Waals surface area contributed by atoms with Crippen molar-refractivity contribution < 1.29 is 17.6 Å². The van der Waals surface area contributed by atoms with Gasteiger partial charge in [-0.1, -0.05) is 141 Å². The van der Waals surface area contributed by atoms with E-state index in [4.69, 9.17) is 0 Å². The lowest BCUT2D eigenvalue weighted by molar-refractivity contribution is 0.461. The lowest BCUT2D eigenvalue weighted by Crippen LogP contribution is -2.17. The quantitative estimate of drug-likeness (QED) is 0.117. The average Bonchev–Trinajstić information content (AvgIpc) is 3.50. The summed E-state index contributed by atoms with van der Waals surface area (Å²) in [6, 6.07) is 56.6. The second-order valence-corrected chi connectivity index (χ2v) is 15.5. The molecule has 9 aromatic rings. The van der Waals surface area contributed by atoms with Crippen molar-refractivity contribution in [3.63, 3.8) is 0 Å². The number of nitrogens with zero attached hydrogens (tertiary/aromatic N) is 2. The molecule has 10 rings (SSSR count). The molecular weight excluding hydrogens is 741 g/mol. The van der Waals surface area contributed by atoms with Gasteiger partial charge in [0.25, 0.3) is 0 Å². The summed E-state index contributed by atoms with van der Waals surface area (Å²) in [5.74, 6) is -5.98. The maximum absolute atomic E-state index is 16.8. The predicted octanol–water partition coefficient (Wildman–Crippen LogP) is 15.5. The molecule has 0 saturated carbocycles. The number of hydrogen-bond acceptors (Lipinski definition) is 2. The van der Waals surface area contributed by atoms with Gasteiger partial charge in [0.1, 0.15) is 5.69 Å². The van der Waals surface area contributed by atoms with E-state index >= 15 is 17.6 Å². The summed E-state index contributed by atoms with van der Waals surface area (Å²) in [7, 11) is 0. The van der Waals surface area contributed by atoms with Gasteiger partial charge in [-0.15, -0.1) is 0 Å². The van der Waals surface area contributed by atoms with E-state index in [9.17, 15) is 0 Å². The molecule has 0 aromatic heterocycles. The van der Waals surface area contributed by atoms with Crippen LogP contribution in [0.3, 0.4) is 0 Å². The molecule has 0 spiro atoms. The second-order valence-electron chi connectivity index (χ2n) is 15.5. The van der Waals surface area contributed by atoms with Crippen LogP contribution in [-0.2, 0) is 5.41 Å². The molecule has 286 valence electrons. The molecule has 0 bridgehead atoms. The smallest absolute Gasteiger partial charge is 0.186 e. The monoisotopic (exact) mass is 776 g/mol. The molecular formula is C53H36F4N2. The highest BCUT2D eigenvalue weighted by atomic mass is 19.2. The number of halogens is 4. The van der Waals surface area contributed by atoms with Crippen molar-refractivity contribution in [1.82, 2.24) is 0 Å². The fraction of sp³-hybridized carbons (Fsp3) is 0.0566. The molecule has 0 atom stereocenters. The molecule has 1 aliphatic carbocycles. The third kappa shape index (κ3) is 5.86. The third-order valence-corrected chi connectivity index (χ3v) is 11.7. The summed E-state index contributed by atoms with van der Waals surface area (Å²) in [5.41, 5.74) is 6.14. The van der Waals surface area contributed by atoms with Crippen molar-refractivity contribution >= 4 is 55.7 Å². The highest BCUT2D eigenvalue weighted by Crippen LogP contribution is 2.51. The first-order valence-corrected chi connectivity index (χ1v) is 19.5. The van der Waals surface area contributed by atoms with E-state index in [1.54, 1.807) is 36.4 Å². The van der Waals surface area contributed by atoms with Gasteiger partial charge in [0.05, 0.1) is 11.3 Å². The fourth-order valence-corrected chi connectivity index (χ4v) is 8.81. The van der Waals surface area contributed by atoms with Crippen LogP contribution < -0.4 is 9.80 Å². The first-order chi connectivity index (χ1) is 28.7. The van der Waals surface area contributed by atoms with Gasteiger partial charge in [-0.05, 0) is 98.6 Å². The number of fused-ring (bicyclic) bond motifs is 5. The van der Waals surface area contributed by atoms with E-state index in [2.05, 4.69) is 61.2 Å². The molecule has 6 heteroatoms. The molecule has 0 N–H and O–H groups in total. The SMILES string of the molecule is CC1(C)c2ccccc2-c2ccc(N(c3ccccc3)c3ccc(-c4c(F)c(F)c(N(c5ccc6ccccc6c5)c5cccc6ccccc56)c(F)c4F)cc3)cc21. The maximum Gasteiger partial charge on any atom is 0.186 e. The zero-order valence-corrected chi connectivity index (χ0v) is 32.2. The Morgan fingerprint density at radius 3 is 1.71 bits per heavy atom. The average molecular weight is 777 g/mol. The molecule has 0 unspecified atom stereocenters. The Hall–Kier alpha value is -7.18. The molecule has 0 fully saturated rings. The highest BCUT2D eigenvalue weighted by Gasteiger charge is 2.36. The van der Waals surface area contributed by atoms with Crippen molar-refractivity contribution in [2.24, 2.45) is 0 Å². The summed E-state index contributed by atoms with van der Waals surface area (Å²) < 4.78 is 66.9. The summed E-state index contributed by atoms with van der Waals surface area (Å²) in [5, 5.41) is 3.16. The Morgan fingerprint density at radius 1 is 0.390 bits per heavy atom. The lowest BCUT2D eigenvalue weighted by atomic mass is 9.82. The van der Waals surface area contributed by atoms with E-state index < -0.39 is 34.5 Å². The molecule has 0 radical (unpaired) electrons. The summed E-state index contributed by atoms with van der Waals surface area (Å²) in [4.78, 5) is 3.33. The second kappa shape index (κ2) is 14.0. The minimum Gasteiger partial charge on any atom is -0.310 e. The number of para-hydroxylation sites is 1. The van der Waals surface area contributed by atoms with Crippen LogP contribution in [0.15, 0.2) is 182 Å². The first kappa shape index (κ1) is 36.2. The van der Waals surface area contributed by atoms with Crippen LogP contribution in [0.2, 0.25) is 0 Å². The van der Waals surface area contributed by atoms with E-state index in [1.165, 1.54) is 39.3 Å². The zero-order valence-electron chi connectivity index (χ0n) is 32.2. The Bertz CT molecular complexity index is 3050. The van der Waals surface area contributed by atoms with Crippen molar-refractivity contribution in [2.45, 2.75) is 19.3 Å². The molecule has 1 aliphatic rings.